The zero-order chi connectivity index (χ0) is 12.7. The molecule has 0 unspecified atom stereocenters. The molecule has 3 heterocycles. The third kappa shape index (κ3) is 1.65. The third-order valence-corrected chi connectivity index (χ3v) is 2.86. The summed E-state index contributed by atoms with van der Waals surface area (Å²) < 4.78 is 3.50. The maximum atomic E-state index is 5.90. The van der Waals surface area contributed by atoms with Crippen LogP contribution in [-0.4, -0.2) is 29.6 Å². The second kappa shape index (κ2) is 4.06. The fraction of sp³-hybridized carbons (Fsp3) is 0.273. The Kier molecular flexibility index (Phi) is 2.52. The van der Waals surface area contributed by atoms with Gasteiger partial charge in [-0.05, 0) is 32.0 Å². The minimum Gasteiger partial charge on any atom is -0.262 e. The van der Waals surface area contributed by atoms with Gasteiger partial charge < -0.3 is 0 Å². The summed E-state index contributed by atoms with van der Waals surface area (Å²) in [6, 6.07) is 5.44. The van der Waals surface area contributed by atoms with Crippen molar-refractivity contribution in [1.29, 1.82) is 0 Å². The maximum Gasteiger partial charge on any atom is 0.203 e. The van der Waals surface area contributed by atoms with E-state index in [9.17, 15) is 0 Å². The number of aromatic nitrogens is 6. The van der Waals surface area contributed by atoms with E-state index in [1.807, 2.05) is 24.6 Å². The van der Waals surface area contributed by atoms with Gasteiger partial charge in [0.15, 0.2) is 5.65 Å². The van der Waals surface area contributed by atoms with E-state index >= 15 is 0 Å². The summed E-state index contributed by atoms with van der Waals surface area (Å²) in [5.74, 6) is 0.648. The summed E-state index contributed by atoms with van der Waals surface area (Å²) in [5, 5.41) is 17.2. The molecule has 0 radical (unpaired) electrons. The first-order valence-electron chi connectivity index (χ1n) is 5.62. The molecular formula is C11H11ClN6. The first-order valence-corrected chi connectivity index (χ1v) is 5.99. The quantitative estimate of drug-likeness (QED) is 0.708. The molecule has 7 heteroatoms. The van der Waals surface area contributed by atoms with Gasteiger partial charge in [-0.15, -0.1) is 10.2 Å². The Labute approximate surface area is 108 Å². The number of aryl methyl sites for hydroxylation is 2. The topological polar surface area (TPSA) is 60.9 Å². The molecule has 0 aliphatic heterocycles. The van der Waals surface area contributed by atoms with E-state index in [0.717, 1.165) is 17.9 Å². The molecule has 3 rings (SSSR count). The van der Waals surface area contributed by atoms with Crippen molar-refractivity contribution in [2.75, 3.05) is 0 Å². The van der Waals surface area contributed by atoms with E-state index in [2.05, 4.69) is 20.4 Å². The molecule has 0 saturated heterocycles. The van der Waals surface area contributed by atoms with Gasteiger partial charge in [-0.3, -0.25) is 4.68 Å². The van der Waals surface area contributed by atoms with Crippen LogP contribution in [0.1, 0.15) is 12.6 Å². The highest BCUT2D eigenvalue weighted by molar-refractivity contribution is 6.29. The average molecular weight is 263 g/mol. The minimum atomic E-state index is 0.405. The SMILES string of the molecule is CCn1nc(C)cc1-c1nnc2ccc(Cl)nn12. The summed E-state index contributed by atoms with van der Waals surface area (Å²) >= 11 is 5.90. The van der Waals surface area contributed by atoms with Crippen LogP contribution in [0.5, 0.6) is 0 Å². The monoisotopic (exact) mass is 262 g/mol. The number of hydrogen-bond donors (Lipinski definition) is 0. The predicted octanol–water partition coefficient (Wildman–Crippen LogP) is 1.97. The van der Waals surface area contributed by atoms with Crippen LogP contribution in [0.25, 0.3) is 17.2 Å². The molecule has 0 amide bonds. The Balaban J connectivity index is 2.27. The Bertz CT molecular complexity index is 713. The summed E-state index contributed by atoms with van der Waals surface area (Å²) in [4.78, 5) is 0. The molecule has 0 atom stereocenters. The fourth-order valence-electron chi connectivity index (χ4n) is 1.89. The Hall–Kier alpha value is -1.95. The van der Waals surface area contributed by atoms with Crippen LogP contribution in [0.2, 0.25) is 5.15 Å². The van der Waals surface area contributed by atoms with Crippen LogP contribution in [0, 0.1) is 6.92 Å². The predicted molar refractivity (Wildman–Crippen MR) is 67.4 cm³/mol. The zero-order valence-electron chi connectivity index (χ0n) is 10.0. The standard InChI is InChI=1S/C11H11ClN6/c1-3-17-8(6-7(2)15-17)11-14-13-10-5-4-9(12)16-18(10)11/h4-6H,3H2,1-2H3. The Morgan fingerprint density at radius 3 is 2.83 bits per heavy atom. The largest absolute Gasteiger partial charge is 0.262 e. The molecule has 0 aliphatic carbocycles. The van der Waals surface area contributed by atoms with Gasteiger partial charge in [0.2, 0.25) is 5.82 Å². The van der Waals surface area contributed by atoms with Gasteiger partial charge in [0, 0.05) is 6.54 Å². The highest BCUT2D eigenvalue weighted by atomic mass is 35.5. The number of rotatable bonds is 2. The molecule has 0 spiro atoms. The molecule has 0 fully saturated rings. The van der Waals surface area contributed by atoms with Crippen molar-refractivity contribution in [2.24, 2.45) is 0 Å². The second-order valence-corrected chi connectivity index (χ2v) is 4.32. The van der Waals surface area contributed by atoms with Crippen molar-refractivity contribution in [3.05, 3.63) is 29.0 Å². The van der Waals surface area contributed by atoms with Crippen molar-refractivity contribution in [2.45, 2.75) is 20.4 Å². The molecule has 18 heavy (non-hydrogen) atoms. The lowest BCUT2D eigenvalue weighted by atomic mass is 10.3. The highest BCUT2D eigenvalue weighted by Gasteiger charge is 2.14. The lowest BCUT2D eigenvalue weighted by molar-refractivity contribution is 0.655. The average Bonchev–Trinajstić information content (AvgIpc) is 2.91. The summed E-state index contributed by atoms with van der Waals surface area (Å²) in [7, 11) is 0. The van der Waals surface area contributed by atoms with E-state index < -0.39 is 0 Å². The van der Waals surface area contributed by atoms with Crippen LogP contribution in [0.3, 0.4) is 0 Å². The maximum absolute atomic E-state index is 5.90. The van der Waals surface area contributed by atoms with Crippen molar-refractivity contribution in [1.82, 2.24) is 29.6 Å². The molecule has 3 aromatic heterocycles. The molecule has 0 bridgehead atoms. The summed E-state index contributed by atoms with van der Waals surface area (Å²) in [6.45, 7) is 4.73. The van der Waals surface area contributed by atoms with Crippen molar-refractivity contribution in [3.63, 3.8) is 0 Å². The smallest absolute Gasteiger partial charge is 0.203 e. The molecule has 6 nitrogen and oxygen atoms in total. The van der Waals surface area contributed by atoms with E-state index in [1.54, 1.807) is 16.6 Å². The zero-order valence-corrected chi connectivity index (χ0v) is 10.8. The minimum absolute atomic E-state index is 0.405. The normalized spacial score (nSPS) is 11.3. The third-order valence-electron chi connectivity index (χ3n) is 2.66. The van der Waals surface area contributed by atoms with Crippen LogP contribution in [-0.2, 0) is 6.54 Å². The van der Waals surface area contributed by atoms with E-state index in [0.29, 0.717) is 16.6 Å². The Morgan fingerprint density at radius 1 is 1.22 bits per heavy atom. The van der Waals surface area contributed by atoms with Crippen molar-refractivity contribution < 1.29 is 0 Å². The number of nitrogens with zero attached hydrogens (tertiary/aromatic N) is 6. The van der Waals surface area contributed by atoms with Crippen molar-refractivity contribution in [3.8, 4) is 11.5 Å². The first kappa shape index (κ1) is 11.2. The molecule has 0 saturated carbocycles. The first-order chi connectivity index (χ1) is 8.69. The lowest BCUT2D eigenvalue weighted by Gasteiger charge is -2.02. The molecule has 92 valence electrons. The van der Waals surface area contributed by atoms with E-state index in [1.165, 1.54) is 0 Å². The van der Waals surface area contributed by atoms with E-state index in [4.69, 9.17) is 11.6 Å². The van der Waals surface area contributed by atoms with Gasteiger partial charge in [-0.2, -0.15) is 14.7 Å². The van der Waals surface area contributed by atoms with E-state index in [-0.39, 0.29) is 0 Å². The van der Waals surface area contributed by atoms with Gasteiger partial charge in [-0.25, -0.2) is 0 Å². The van der Waals surface area contributed by atoms with Crippen LogP contribution in [0.15, 0.2) is 18.2 Å². The fourth-order valence-corrected chi connectivity index (χ4v) is 2.03. The number of halogens is 1. The summed E-state index contributed by atoms with van der Waals surface area (Å²) in [6.07, 6.45) is 0. The van der Waals surface area contributed by atoms with Crippen LogP contribution < -0.4 is 0 Å². The Morgan fingerprint density at radius 2 is 2.06 bits per heavy atom. The van der Waals surface area contributed by atoms with Gasteiger partial charge >= 0.3 is 0 Å². The molecule has 0 aliphatic rings. The second-order valence-electron chi connectivity index (χ2n) is 3.94. The molecule has 0 aromatic carbocycles. The number of fused-ring (bicyclic) bond motifs is 1. The molecule has 0 N–H and O–H groups in total. The molecule has 3 aromatic rings. The summed E-state index contributed by atoms with van der Waals surface area (Å²) in [5.41, 5.74) is 2.49. The van der Waals surface area contributed by atoms with Crippen molar-refractivity contribution >= 4 is 17.2 Å². The van der Waals surface area contributed by atoms with Gasteiger partial charge in [-0.1, -0.05) is 11.6 Å². The molecular weight excluding hydrogens is 252 g/mol. The van der Waals surface area contributed by atoms with Gasteiger partial charge in [0.25, 0.3) is 0 Å². The number of hydrogen-bond acceptors (Lipinski definition) is 4. The van der Waals surface area contributed by atoms with Gasteiger partial charge in [0.1, 0.15) is 10.8 Å². The van der Waals surface area contributed by atoms with Gasteiger partial charge in [0.05, 0.1) is 5.69 Å². The van der Waals surface area contributed by atoms with Crippen LogP contribution in [0.4, 0.5) is 0 Å². The highest BCUT2D eigenvalue weighted by Crippen LogP contribution is 2.19. The lowest BCUT2D eigenvalue weighted by Crippen LogP contribution is -2.03. The van der Waals surface area contributed by atoms with Crippen LogP contribution >= 0.6 is 11.6 Å².